The molecular weight excluding hydrogens is 238 g/mol. The first-order valence-corrected chi connectivity index (χ1v) is 6.83. The van der Waals surface area contributed by atoms with Crippen LogP contribution in [0.3, 0.4) is 0 Å². The normalized spacial score (nSPS) is 12.5. The van der Waals surface area contributed by atoms with Gasteiger partial charge in [0.25, 0.3) is 0 Å². The average molecular weight is 261 g/mol. The van der Waals surface area contributed by atoms with Crippen molar-refractivity contribution < 1.29 is 9.53 Å². The van der Waals surface area contributed by atoms with Crippen LogP contribution in [0, 0.1) is 0 Å². The SMILES string of the molecule is CCOC(=O)/C=C/CNCCC(C)c1ccccc1. The van der Waals surface area contributed by atoms with Gasteiger partial charge in [-0.05, 0) is 31.4 Å². The van der Waals surface area contributed by atoms with Crippen LogP contribution in [0.2, 0.25) is 0 Å². The fraction of sp³-hybridized carbons (Fsp3) is 0.438. The molecule has 1 unspecified atom stereocenters. The smallest absolute Gasteiger partial charge is 0.330 e. The summed E-state index contributed by atoms with van der Waals surface area (Å²) in [5.41, 5.74) is 1.37. The molecule has 0 heterocycles. The number of carbonyl (C=O) groups is 1. The lowest BCUT2D eigenvalue weighted by Crippen LogP contribution is -2.17. The molecule has 0 bridgehead atoms. The van der Waals surface area contributed by atoms with Crippen molar-refractivity contribution in [3.8, 4) is 0 Å². The second-order valence-corrected chi connectivity index (χ2v) is 4.46. The second-order valence-electron chi connectivity index (χ2n) is 4.46. The van der Waals surface area contributed by atoms with Crippen LogP contribution in [0.25, 0.3) is 0 Å². The molecule has 3 heteroatoms. The number of rotatable bonds is 8. The summed E-state index contributed by atoms with van der Waals surface area (Å²) in [7, 11) is 0. The summed E-state index contributed by atoms with van der Waals surface area (Å²) in [4.78, 5) is 11.0. The van der Waals surface area contributed by atoms with Crippen molar-refractivity contribution in [1.29, 1.82) is 0 Å². The first-order chi connectivity index (χ1) is 9.24. The van der Waals surface area contributed by atoms with E-state index in [1.807, 2.05) is 6.07 Å². The Labute approximate surface area is 115 Å². The van der Waals surface area contributed by atoms with Gasteiger partial charge in [0.1, 0.15) is 0 Å². The van der Waals surface area contributed by atoms with Gasteiger partial charge in [-0.25, -0.2) is 4.79 Å². The second kappa shape index (κ2) is 9.34. The maximum absolute atomic E-state index is 11.0. The van der Waals surface area contributed by atoms with Gasteiger partial charge in [0.2, 0.25) is 0 Å². The number of hydrogen-bond donors (Lipinski definition) is 1. The Bertz CT molecular complexity index is 387. The Hall–Kier alpha value is -1.61. The van der Waals surface area contributed by atoms with Crippen LogP contribution >= 0.6 is 0 Å². The zero-order valence-corrected chi connectivity index (χ0v) is 11.8. The maximum Gasteiger partial charge on any atom is 0.330 e. The molecule has 0 amide bonds. The summed E-state index contributed by atoms with van der Waals surface area (Å²) in [6.07, 6.45) is 4.35. The highest BCUT2D eigenvalue weighted by atomic mass is 16.5. The van der Waals surface area contributed by atoms with Crippen molar-refractivity contribution in [2.24, 2.45) is 0 Å². The monoisotopic (exact) mass is 261 g/mol. The summed E-state index contributed by atoms with van der Waals surface area (Å²) in [6.45, 7) is 6.08. The Morgan fingerprint density at radius 1 is 1.37 bits per heavy atom. The molecule has 1 atom stereocenters. The molecule has 0 aromatic heterocycles. The molecular formula is C16H23NO2. The van der Waals surface area contributed by atoms with Crippen LogP contribution in [-0.4, -0.2) is 25.7 Å². The number of benzene rings is 1. The van der Waals surface area contributed by atoms with E-state index in [1.165, 1.54) is 11.6 Å². The van der Waals surface area contributed by atoms with Gasteiger partial charge in [0, 0.05) is 12.6 Å². The van der Waals surface area contributed by atoms with Gasteiger partial charge in [-0.1, -0.05) is 43.3 Å². The highest BCUT2D eigenvalue weighted by Gasteiger charge is 2.03. The van der Waals surface area contributed by atoms with Crippen molar-refractivity contribution in [2.75, 3.05) is 19.7 Å². The maximum atomic E-state index is 11.0. The van der Waals surface area contributed by atoms with E-state index in [4.69, 9.17) is 4.74 Å². The number of esters is 1. The molecule has 0 fully saturated rings. The van der Waals surface area contributed by atoms with E-state index in [0.717, 1.165) is 13.0 Å². The van der Waals surface area contributed by atoms with Gasteiger partial charge in [-0.3, -0.25) is 0 Å². The number of hydrogen-bond acceptors (Lipinski definition) is 3. The van der Waals surface area contributed by atoms with E-state index in [-0.39, 0.29) is 5.97 Å². The summed E-state index contributed by atoms with van der Waals surface area (Å²) in [5.74, 6) is 0.268. The van der Waals surface area contributed by atoms with Gasteiger partial charge in [-0.15, -0.1) is 0 Å². The molecule has 0 saturated carbocycles. The molecule has 0 spiro atoms. The largest absolute Gasteiger partial charge is 0.463 e. The summed E-state index contributed by atoms with van der Waals surface area (Å²) in [6, 6.07) is 10.5. The third-order valence-corrected chi connectivity index (χ3v) is 2.93. The topological polar surface area (TPSA) is 38.3 Å². The minimum atomic E-state index is -0.276. The van der Waals surface area contributed by atoms with Crippen LogP contribution in [-0.2, 0) is 9.53 Å². The van der Waals surface area contributed by atoms with E-state index in [2.05, 4.69) is 36.5 Å². The Balaban J connectivity index is 2.13. The number of ether oxygens (including phenoxy) is 1. The summed E-state index contributed by atoms with van der Waals surface area (Å²) < 4.78 is 4.79. The Morgan fingerprint density at radius 3 is 2.79 bits per heavy atom. The third-order valence-electron chi connectivity index (χ3n) is 2.93. The standard InChI is InChI=1S/C16H23NO2/c1-3-19-16(18)10-7-12-17-13-11-14(2)15-8-5-4-6-9-15/h4-10,14,17H,3,11-13H2,1-2H3/b10-7+. The van der Waals surface area contributed by atoms with Crippen LogP contribution in [0.15, 0.2) is 42.5 Å². The van der Waals surface area contributed by atoms with Crippen LogP contribution in [0.5, 0.6) is 0 Å². The van der Waals surface area contributed by atoms with E-state index in [1.54, 1.807) is 13.0 Å². The first-order valence-electron chi connectivity index (χ1n) is 6.83. The summed E-state index contributed by atoms with van der Waals surface area (Å²) in [5, 5.41) is 3.29. The fourth-order valence-corrected chi connectivity index (χ4v) is 1.80. The zero-order chi connectivity index (χ0) is 13.9. The van der Waals surface area contributed by atoms with Crippen molar-refractivity contribution in [1.82, 2.24) is 5.32 Å². The van der Waals surface area contributed by atoms with E-state index in [0.29, 0.717) is 19.1 Å². The molecule has 1 N–H and O–H groups in total. The Kier molecular flexibility index (Phi) is 7.59. The molecule has 0 aliphatic carbocycles. The van der Waals surface area contributed by atoms with Gasteiger partial charge in [-0.2, -0.15) is 0 Å². The number of carbonyl (C=O) groups excluding carboxylic acids is 1. The van der Waals surface area contributed by atoms with E-state index >= 15 is 0 Å². The lowest BCUT2D eigenvalue weighted by Gasteiger charge is -2.11. The van der Waals surface area contributed by atoms with E-state index in [9.17, 15) is 4.79 Å². The first kappa shape index (κ1) is 15.4. The minimum Gasteiger partial charge on any atom is -0.463 e. The minimum absolute atomic E-state index is 0.276. The number of nitrogens with one attached hydrogen (secondary N) is 1. The van der Waals surface area contributed by atoms with E-state index < -0.39 is 0 Å². The van der Waals surface area contributed by atoms with Gasteiger partial charge >= 0.3 is 5.97 Å². The fourth-order valence-electron chi connectivity index (χ4n) is 1.80. The van der Waals surface area contributed by atoms with Crippen LogP contribution in [0.4, 0.5) is 0 Å². The quantitative estimate of drug-likeness (QED) is 0.444. The third kappa shape index (κ3) is 6.77. The van der Waals surface area contributed by atoms with Gasteiger partial charge < -0.3 is 10.1 Å². The average Bonchev–Trinajstić information content (AvgIpc) is 2.43. The lowest BCUT2D eigenvalue weighted by atomic mass is 9.98. The summed E-state index contributed by atoms with van der Waals surface area (Å²) >= 11 is 0. The van der Waals surface area contributed by atoms with Crippen molar-refractivity contribution in [3.05, 3.63) is 48.0 Å². The molecule has 0 aliphatic heterocycles. The molecule has 0 aliphatic rings. The Morgan fingerprint density at radius 2 is 2.11 bits per heavy atom. The van der Waals surface area contributed by atoms with Crippen molar-refractivity contribution >= 4 is 5.97 Å². The lowest BCUT2D eigenvalue weighted by molar-refractivity contribution is -0.137. The highest BCUT2D eigenvalue weighted by Crippen LogP contribution is 2.17. The molecule has 1 rings (SSSR count). The van der Waals surface area contributed by atoms with Crippen LogP contribution in [0.1, 0.15) is 31.7 Å². The highest BCUT2D eigenvalue weighted by molar-refractivity contribution is 5.81. The predicted octanol–water partition coefficient (Wildman–Crippen LogP) is 2.89. The molecule has 1 aromatic carbocycles. The van der Waals surface area contributed by atoms with Gasteiger partial charge in [0.15, 0.2) is 0 Å². The zero-order valence-electron chi connectivity index (χ0n) is 11.8. The molecule has 104 valence electrons. The molecule has 0 saturated heterocycles. The molecule has 0 radical (unpaired) electrons. The van der Waals surface area contributed by atoms with Gasteiger partial charge in [0.05, 0.1) is 6.61 Å². The van der Waals surface area contributed by atoms with Crippen molar-refractivity contribution in [3.63, 3.8) is 0 Å². The van der Waals surface area contributed by atoms with Crippen molar-refractivity contribution in [2.45, 2.75) is 26.2 Å². The molecule has 3 nitrogen and oxygen atoms in total. The molecule has 1 aromatic rings. The predicted molar refractivity (Wildman–Crippen MR) is 78.1 cm³/mol. The van der Waals surface area contributed by atoms with Crippen LogP contribution < -0.4 is 5.32 Å². The molecule has 19 heavy (non-hydrogen) atoms.